The summed E-state index contributed by atoms with van der Waals surface area (Å²) in [4.78, 5) is 0. The van der Waals surface area contributed by atoms with E-state index in [9.17, 15) is 0 Å². The third kappa shape index (κ3) is 17.7. The minimum Gasteiger partial charge on any atom is -0.394 e. The van der Waals surface area contributed by atoms with Gasteiger partial charge >= 0.3 is 0 Å². The van der Waals surface area contributed by atoms with Crippen LogP contribution in [0.4, 0.5) is 0 Å². The lowest BCUT2D eigenvalue weighted by molar-refractivity contribution is 0.00395. The zero-order valence-electron chi connectivity index (χ0n) is 12.5. The molecule has 20 heavy (non-hydrogen) atoms. The second-order valence-corrected chi connectivity index (χ2v) is 3.92. The Labute approximate surface area is 121 Å². The van der Waals surface area contributed by atoms with Crippen LogP contribution >= 0.6 is 0 Å². The van der Waals surface area contributed by atoms with Gasteiger partial charge in [-0.15, -0.1) is 0 Å². The molecule has 0 bridgehead atoms. The predicted octanol–water partition coefficient (Wildman–Crippen LogP) is -0.719. The zero-order valence-corrected chi connectivity index (χ0v) is 12.5. The first kappa shape index (κ1) is 19.7. The fraction of sp³-hybridized carbons (Fsp3) is 1.00. The lowest BCUT2D eigenvalue weighted by Gasteiger charge is -2.07. The highest BCUT2D eigenvalue weighted by Gasteiger charge is 1.92. The summed E-state index contributed by atoms with van der Waals surface area (Å²) < 4.78 is 25.9. The number of ether oxygens (including phenoxy) is 5. The van der Waals surface area contributed by atoms with Crippen LogP contribution in [-0.4, -0.2) is 91.4 Å². The minimum absolute atomic E-state index is 0.0700. The second-order valence-electron chi connectivity index (χ2n) is 3.92. The molecule has 7 heteroatoms. The lowest BCUT2D eigenvalue weighted by atomic mass is 10.6. The molecule has 0 radical (unpaired) electrons. The Kier molecular flexibility index (Phi) is 18.5. The first-order valence-electron chi connectivity index (χ1n) is 7.03. The van der Waals surface area contributed by atoms with Crippen molar-refractivity contribution in [1.82, 2.24) is 5.32 Å². The average molecular weight is 295 g/mol. The maximum Gasteiger partial charge on any atom is 0.0701 e. The first-order chi connectivity index (χ1) is 9.91. The van der Waals surface area contributed by atoms with E-state index < -0.39 is 0 Å². The molecule has 0 aliphatic rings. The van der Waals surface area contributed by atoms with Gasteiger partial charge in [0.05, 0.1) is 66.1 Å². The van der Waals surface area contributed by atoms with E-state index >= 15 is 0 Å². The van der Waals surface area contributed by atoms with Crippen molar-refractivity contribution in [3.63, 3.8) is 0 Å². The summed E-state index contributed by atoms with van der Waals surface area (Å²) in [6, 6.07) is 0. The molecule has 0 atom stereocenters. The van der Waals surface area contributed by atoms with Gasteiger partial charge in [-0.25, -0.2) is 0 Å². The Morgan fingerprint density at radius 2 is 1.10 bits per heavy atom. The highest BCUT2D eigenvalue weighted by Crippen LogP contribution is 1.81. The zero-order chi connectivity index (χ0) is 14.7. The standard InChI is InChI=1S/C13H29NO6/c1-16-8-9-19-12-13-20-11-10-18-6-3-14-2-5-17-7-4-15/h14-15H,2-13H2,1H3. The van der Waals surface area contributed by atoms with Crippen LogP contribution in [-0.2, 0) is 23.7 Å². The van der Waals surface area contributed by atoms with Crippen LogP contribution < -0.4 is 5.32 Å². The molecule has 0 amide bonds. The molecule has 122 valence electrons. The monoisotopic (exact) mass is 295 g/mol. The van der Waals surface area contributed by atoms with Crippen molar-refractivity contribution in [2.24, 2.45) is 0 Å². The summed E-state index contributed by atoms with van der Waals surface area (Å²) in [5.41, 5.74) is 0. The van der Waals surface area contributed by atoms with Crippen molar-refractivity contribution in [3.8, 4) is 0 Å². The highest BCUT2D eigenvalue weighted by atomic mass is 16.6. The smallest absolute Gasteiger partial charge is 0.0701 e. The van der Waals surface area contributed by atoms with E-state index in [1.807, 2.05) is 0 Å². The van der Waals surface area contributed by atoms with Crippen LogP contribution in [0.15, 0.2) is 0 Å². The molecular weight excluding hydrogens is 266 g/mol. The van der Waals surface area contributed by atoms with E-state index in [0.29, 0.717) is 59.5 Å². The Bertz CT molecular complexity index is 155. The van der Waals surface area contributed by atoms with Gasteiger partial charge in [0.25, 0.3) is 0 Å². The van der Waals surface area contributed by atoms with E-state index in [1.165, 1.54) is 0 Å². The third-order valence-corrected chi connectivity index (χ3v) is 2.26. The normalized spacial score (nSPS) is 11.1. The molecular formula is C13H29NO6. The van der Waals surface area contributed by atoms with E-state index in [4.69, 9.17) is 28.8 Å². The summed E-state index contributed by atoms with van der Waals surface area (Å²) >= 11 is 0. The molecule has 0 saturated carbocycles. The van der Waals surface area contributed by atoms with E-state index in [1.54, 1.807) is 7.11 Å². The van der Waals surface area contributed by atoms with Crippen molar-refractivity contribution in [3.05, 3.63) is 0 Å². The van der Waals surface area contributed by atoms with E-state index in [-0.39, 0.29) is 6.61 Å². The number of hydrogen-bond acceptors (Lipinski definition) is 7. The Balaban J connectivity index is 2.89. The van der Waals surface area contributed by atoms with Crippen LogP contribution in [0, 0.1) is 0 Å². The summed E-state index contributed by atoms with van der Waals surface area (Å²) in [5.74, 6) is 0. The quantitative estimate of drug-likeness (QED) is 0.343. The van der Waals surface area contributed by atoms with Crippen molar-refractivity contribution < 1.29 is 28.8 Å². The highest BCUT2D eigenvalue weighted by molar-refractivity contribution is 4.45. The van der Waals surface area contributed by atoms with E-state index in [2.05, 4.69) is 5.32 Å². The molecule has 0 unspecified atom stereocenters. The number of nitrogens with one attached hydrogen (secondary N) is 1. The molecule has 0 aromatic heterocycles. The summed E-state index contributed by atoms with van der Waals surface area (Å²) in [5, 5.41) is 11.7. The third-order valence-electron chi connectivity index (χ3n) is 2.26. The van der Waals surface area contributed by atoms with Crippen molar-refractivity contribution >= 4 is 0 Å². The minimum atomic E-state index is 0.0700. The van der Waals surface area contributed by atoms with Gasteiger partial charge in [-0.2, -0.15) is 0 Å². The Morgan fingerprint density at radius 1 is 0.650 bits per heavy atom. The maximum atomic E-state index is 8.49. The molecule has 0 saturated heterocycles. The maximum absolute atomic E-state index is 8.49. The molecule has 2 N–H and O–H groups in total. The van der Waals surface area contributed by atoms with Gasteiger partial charge in [0.2, 0.25) is 0 Å². The molecule has 0 spiro atoms. The van der Waals surface area contributed by atoms with Gasteiger partial charge in [-0.1, -0.05) is 0 Å². The largest absolute Gasteiger partial charge is 0.394 e. The van der Waals surface area contributed by atoms with Crippen LogP contribution in [0.2, 0.25) is 0 Å². The van der Waals surface area contributed by atoms with Gasteiger partial charge in [-0.05, 0) is 0 Å². The lowest BCUT2D eigenvalue weighted by Crippen LogP contribution is -2.25. The van der Waals surface area contributed by atoms with E-state index in [0.717, 1.165) is 13.1 Å². The van der Waals surface area contributed by atoms with Gasteiger partial charge in [0, 0.05) is 20.2 Å². The van der Waals surface area contributed by atoms with Crippen molar-refractivity contribution in [1.29, 1.82) is 0 Å². The van der Waals surface area contributed by atoms with Crippen LogP contribution in [0.1, 0.15) is 0 Å². The fourth-order valence-corrected chi connectivity index (χ4v) is 1.26. The molecule has 0 rings (SSSR count). The van der Waals surface area contributed by atoms with Crippen molar-refractivity contribution in [2.75, 3.05) is 86.3 Å². The van der Waals surface area contributed by atoms with Crippen LogP contribution in [0.5, 0.6) is 0 Å². The number of aliphatic hydroxyl groups excluding tert-OH is 1. The second kappa shape index (κ2) is 18.7. The molecule has 0 aromatic rings. The van der Waals surface area contributed by atoms with Crippen LogP contribution in [0.3, 0.4) is 0 Å². The van der Waals surface area contributed by atoms with Gasteiger partial charge < -0.3 is 34.1 Å². The molecule has 0 heterocycles. The van der Waals surface area contributed by atoms with Crippen molar-refractivity contribution in [2.45, 2.75) is 0 Å². The topological polar surface area (TPSA) is 78.4 Å². The molecule has 7 nitrogen and oxygen atoms in total. The summed E-state index contributed by atoms with van der Waals surface area (Å²) in [7, 11) is 1.65. The van der Waals surface area contributed by atoms with Crippen LogP contribution in [0.25, 0.3) is 0 Å². The number of methoxy groups -OCH3 is 1. The van der Waals surface area contributed by atoms with Gasteiger partial charge in [0.15, 0.2) is 0 Å². The van der Waals surface area contributed by atoms with Gasteiger partial charge in [-0.3, -0.25) is 0 Å². The number of rotatable bonds is 17. The molecule has 0 fully saturated rings. The summed E-state index contributed by atoms with van der Waals surface area (Å²) in [6.45, 7) is 6.79. The molecule has 0 aromatic carbocycles. The van der Waals surface area contributed by atoms with Gasteiger partial charge in [0.1, 0.15) is 0 Å². The average Bonchev–Trinajstić information content (AvgIpc) is 2.47. The Hall–Kier alpha value is -0.280. The number of hydrogen-bond donors (Lipinski definition) is 2. The fourth-order valence-electron chi connectivity index (χ4n) is 1.26. The molecule has 0 aliphatic carbocycles. The predicted molar refractivity (Wildman–Crippen MR) is 75.1 cm³/mol. The SMILES string of the molecule is COCCOCCOCCOCCNCCOCCO. The number of aliphatic hydroxyl groups is 1. The Morgan fingerprint density at radius 3 is 1.60 bits per heavy atom. The first-order valence-corrected chi connectivity index (χ1v) is 7.03. The molecule has 0 aliphatic heterocycles. The summed E-state index contributed by atoms with van der Waals surface area (Å²) in [6.07, 6.45) is 0.